The molecule has 0 radical (unpaired) electrons. The Kier molecular flexibility index (Phi) is 5.72. The monoisotopic (exact) mass is 323 g/mol. The lowest BCUT2D eigenvalue weighted by atomic mass is 10.3. The summed E-state index contributed by atoms with van der Waals surface area (Å²) in [6.45, 7) is 3.97. The second kappa shape index (κ2) is 6.68. The van der Waals surface area contributed by atoms with Gasteiger partial charge in [-0.3, -0.25) is 0 Å². The first-order valence-electron chi connectivity index (χ1n) is 6.49. The molecule has 0 aliphatic rings. The summed E-state index contributed by atoms with van der Waals surface area (Å²) in [6.07, 6.45) is 3.23. The first-order chi connectivity index (χ1) is 9.19. The Morgan fingerprint density at radius 2 is 1.90 bits per heavy atom. The van der Waals surface area contributed by atoms with E-state index in [-0.39, 0.29) is 16.5 Å². The third kappa shape index (κ3) is 4.88. The van der Waals surface area contributed by atoms with Crippen LogP contribution in [-0.2, 0) is 32.8 Å². The van der Waals surface area contributed by atoms with Gasteiger partial charge in [0.15, 0.2) is 5.03 Å². The topological polar surface area (TPSA) is 112 Å². The molecule has 0 saturated heterocycles. The molecule has 0 aromatic carbocycles. The third-order valence-corrected chi connectivity index (χ3v) is 5.47. The molecule has 1 aromatic rings. The molecule has 0 aliphatic heterocycles. The van der Waals surface area contributed by atoms with Crippen LogP contribution in [0.15, 0.2) is 11.2 Å². The maximum Gasteiger partial charge on any atom is 0.257 e. The van der Waals surface area contributed by atoms with Gasteiger partial charge in [-0.05, 0) is 12.8 Å². The molecular weight excluding hydrogens is 302 g/mol. The van der Waals surface area contributed by atoms with Gasteiger partial charge < -0.3 is 4.57 Å². The van der Waals surface area contributed by atoms with E-state index in [9.17, 15) is 16.8 Å². The molecule has 2 N–H and O–H groups in total. The number of sulfone groups is 1. The molecule has 0 amide bonds. The van der Waals surface area contributed by atoms with Crippen molar-refractivity contribution in [3.63, 3.8) is 0 Å². The minimum Gasteiger partial charge on any atom is -0.333 e. The van der Waals surface area contributed by atoms with E-state index in [1.54, 1.807) is 11.5 Å². The number of aryl methyl sites for hydroxylation is 2. The molecule has 0 unspecified atom stereocenters. The Balaban J connectivity index is 2.86. The van der Waals surface area contributed by atoms with E-state index >= 15 is 0 Å². The van der Waals surface area contributed by atoms with Crippen molar-refractivity contribution >= 4 is 19.9 Å². The number of nitrogens with two attached hydrogens (primary N) is 1. The van der Waals surface area contributed by atoms with Crippen LogP contribution < -0.4 is 5.14 Å². The minimum atomic E-state index is -3.83. The molecule has 0 fully saturated rings. The molecule has 116 valence electrons. The van der Waals surface area contributed by atoms with Crippen LogP contribution in [0.3, 0.4) is 0 Å². The van der Waals surface area contributed by atoms with Gasteiger partial charge in [-0.15, -0.1) is 0 Å². The second-order valence-corrected chi connectivity index (χ2v) is 8.55. The standard InChI is InChI=1S/C11H21N3O4S2/c1-3-6-10-13-11(20(12,17)18)9-14(10)7-5-8-19(15,16)4-2/h9H,3-8H2,1-2H3,(H2,12,17,18). The number of rotatable bonds is 8. The van der Waals surface area contributed by atoms with E-state index in [1.807, 2.05) is 6.92 Å². The zero-order valence-electron chi connectivity index (χ0n) is 11.7. The fraction of sp³-hybridized carbons (Fsp3) is 0.727. The summed E-state index contributed by atoms with van der Waals surface area (Å²) in [5.41, 5.74) is 0. The molecular formula is C11H21N3O4S2. The molecule has 0 spiro atoms. The van der Waals surface area contributed by atoms with E-state index in [0.29, 0.717) is 25.2 Å². The van der Waals surface area contributed by atoms with Crippen LogP contribution in [0.4, 0.5) is 0 Å². The molecule has 0 bridgehead atoms. The lowest BCUT2D eigenvalue weighted by Gasteiger charge is -2.06. The van der Waals surface area contributed by atoms with Crippen molar-refractivity contribution in [3.05, 3.63) is 12.0 Å². The normalized spacial score (nSPS) is 12.8. The molecule has 1 heterocycles. The molecule has 1 rings (SSSR count). The fourth-order valence-corrected chi connectivity index (χ4v) is 3.15. The van der Waals surface area contributed by atoms with Gasteiger partial charge in [0.2, 0.25) is 0 Å². The minimum absolute atomic E-state index is 0.0813. The SMILES string of the molecule is CCCc1nc(S(N)(=O)=O)cn1CCCS(=O)(=O)CC. The molecule has 20 heavy (non-hydrogen) atoms. The zero-order valence-corrected chi connectivity index (χ0v) is 13.4. The molecule has 1 aromatic heterocycles. The van der Waals surface area contributed by atoms with Crippen LogP contribution in [0.5, 0.6) is 0 Å². The highest BCUT2D eigenvalue weighted by atomic mass is 32.2. The summed E-state index contributed by atoms with van der Waals surface area (Å²) in [5, 5.41) is 4.89. The van der Waals surface area contributed by atoms with Crippen LogP contribution in [0.1, 0.15) is 32.5 Å². The first kappa shape index (κ1) is 17.1. The van der Waals surface area contributed by atoms with Crippen molar-refractivity contribution < 1.29 is 16.8 Å². The smallest absolute Gasteiger partial charge is 0.257 e. The third-order valence-electron chi connectivity index (χ3n) is 2.90. The van der Waals surface area contributed by atoms with E-state index in [1.165, 1.54) is 6.20 Å². The maximum atomic E-state index is 11.4. The average Bonchev–Trinajstić information content (AvgIpc) is 2.73. The summed E-state index contributed by atoms with van der Waals surface area (Å²) >= 11 is 0. The lowest BCUT2D eigenvalue weighted by Crippen LogP contribution is -2.13. The van der Waals surface area contributed by atoms with Gasteiger partial charge in [-0.1, -0.05) is 13.8 Å². The summed E-state index contributed by atoms with van der Waals surface area (Å²) in [7, 11) is -6.84. The Labute approximate surface area is 120 Å². The molecule has 7 nitrogen and oxygen atoms in total. The van der Waals surface area contributed by atoms with Gasteiger partial charge in [0, 0.05) is 24.9 Å². The highest BCUT2D eigenvalue weighted by Gasteiger charge is 2.16. The molecule has 9 heteroatoms. The predicted octanol–water partition coefficient (Wildman–Crippen LogP) is 0.308. The van der Waals surface area contributed by atoms with Gasteiger partial charge in [0.25, 0.3) is 10.0 Å². The fourth-order valence-electron chi connectivity index (χ4n) is 1.78. The van der Waals surface area contributed by atoms with Crippen LogP contribution >= 0.6 is 0 Å². The number of hydrogen-bond donors (Lipinski definition) is 1. The summed E-state index contributed by atoms with van der Waals surface area (Å²) in [5.74, 6) is 0.810. The van der Waals surface area contributed by atoms with Crippen molar-refractivity contribution in [1.29, 1.82) is 0 Å². The van der Waals surface area contributed by atoms with Crippen molar-refractivity contribution in [2.75, 3.05) is 11.5 Å². The lowest BCUT2D eigenvalue weighted by molar-refractivity contribution is 0.581. The van der Waals surface area contributed by atoms with Gasteiger partial charge in [0.05, 0.1) is 5.75 Å². The highest BCUT2D eigenvalue weighted by Crippen LogP contribution is 2.11. The van der Waals surface area contributed by atoms with Crippen molar-refractivity contribution in [1.82, 2.24) is 9.55 Å². The zero-order chi connectivity index (χ0) is 15.4. The number of nitrogens with zero attached hydrogens (tertiary/aromatic N) is 2. The quantitative estimate of drug-likeness (QED) is 0.740. The van der Waals surface area contributed by atoms with E-state index in [4.69, 9.17) is 5.14 Å². The average molecular weight is 323 g/mol. The van der Waals surface area contributed by atoms with E-state index in [0.717, 1.165) is 6.42 Å². The predicted molar refractivity (Wildman–Crippen MR) is 76.5 cm³/mol. The van der Waals surface area contributed by atoms with Crippen LogP contribution in [0.2, 0.25) is 0 Å². The van der Waals surface area contributed by atoms with Crippen molar-refractivity contribution in [3.8, 4) is 0 Å². The molecule has 0 atom stereocenters. The van der Waals surface area contributed by atoms with E-state index < -0.39 is 19.9 Å². The number of primary sulfonamides is 1. The van der Waals surface area contributed by atoms with Crippen LogP contribution in [-0.4, -0.2) is 37.9 Å². The highest BCUT2D eigenvalue weighted by molar-refractivity contribution is 7.91. The summed E-state index contributed by atoms with van der Waals surface area (Å²) in [6, 6.07) is 0. The van der Waals surface area contributed by atoms with Gasteiger partial charge in [-0.2, -0.15) is 0 Å². The van der Waals surface area contributed by atoms with Gasteiger partial charge in [0.1, 0.15) is 15.7 Å². The largest absolute Gasteiger partial charge is 0.333 e. The summed E-state index contributed by atoms with van der Waals surface area (Å²) < 4.78 is 47.1. The van der Waals surface area contributed by atoms with E-state index in [2.05, 4.69) is 4.98 Å². The molecule has 0 aliphatic carbocycles. The number of sulfonamides is 1. The number of aromatic nitrogens is 2. The number of hydrogen-bond acceptors (Lipinski definition) is 5. The van der Waals surface area contributed by atoms with Crippen LogP contribution in [0, 0.1) is 0 Å². The van der Waals surface area contributed by atoms with Crippen molar-refractivity contribution in [2.24, 2.45) is 5.14 Å². The number of imidazole rings is 1. The first-order valence-corrected chi connectivity index (χ1v) is 9.85. The Hall–Kier alpha value is -0.930. The Morgan fingerprint density at radius 1 is 1.25 bits per heavy atom. The molecule has 0 saturated carbocycles. The van der Waals surface area contributed by atoms with Gasteiger partial charge in [-0.25, -0.2) is 27.0 Å². The Morgan fingerprint density at radius 3 is 2.40 bits per heavy atom. The maximum absolute atomic E-state index is 11.4. The Bertz CT molecular complexity index is 647. The summed E-state index contributed by atoms with van der Waals surface area (Å²) in [4.78, 5) is 4.01. The van der Waals surface area contributed by atoms with Crippen molar-refractivity contribution in [2.45, 2.75) is 44.7 Å². The van der Waals surface area contributed by atoms with Gasteiger partial charge >= 0.3 is 0 Å². The van der Waals surface area contributed by atoms with Crippen LogP contribution in [0.25, 0.3) is 0 Å². The second-order valence-electron chi connectivity index (χ2n) is 4.57.